The van der Waals surface area contributed by atoms with Crippen molar-refractivity contribution >= 4 is 11.5 Å². The lowest BCUT2D eigenvalue weighted by atomic mass is 10.3. The van der Waals surface area contributed by atoms with E-state index in [1.807, 2.05) is 0 Å². The van der Waals surface area contributed by atoms with Crippen LogP contribution in [0.15, 0.2) is 18.2 Å². The molecule has 0 heterocycles. The van der Waals surface area contributed by atoms with Crippen LogP contribution in [0.5, 0.6) is 11.5 Å². The van der Waals surface area contributed by atoms with Gasteiger partial charge >= 0.3 is 5.69 Å². The largest absolute Gasteiger partial charge is 0.496 e. The summed E-state index contributed by atoms with van der Waals surface area (Å²) in [5, 5.41) is 17.8. The molecular weight excluding hydrogens is 226 g/mol. The van der Waals surface area contributed by atoms with E-state index in [-0.39, 0.29) is 30.3 Å². The molecule has 1 aromatic rings. The fourth-order valence-corrected chi connectivity index (χ4v) is 1.16. The van der Waals surface area contributed by atoms with Crippen molar-refractivity contribution in [2.75, 3.05) is 13.7 Å². The monoisotopic (exact) mass is 239 g/mol. The number of nitrogens with zero attached hydrogens (tertiary/aromatic N) is 1. The van der Waals surface area contributed by atoms with Gasteiger partial charge in [0.15, 0.2) is 5.75 Å². The SMILES string of the molecule is COc1ccc(OCCC(=N)N)c([N+](=O)[O-])c1. The van der Waals surface area contributed by atoms with Crippen LogP contribution in [-0.2, 0) is 0 Å². The molecule has 92 valence electrons. The van der Waals surface area contributed by atoms with Crippen LogP contribution < -0.4 is 15.2 Å². The molecule has 0 saturated heterocycles. The fraction of sp³-hybridized carbons (Fsp3) is 0.300. The van der Waals surface area contributed by atoms with Gasteiger partial charge in [0.05, 0.1) is 30.5 Å². The van der Waals surface area contributed by atoms with Gasteiger partial charge in [-0.15, -0.1) is 0 Å². The Balaban J connectivity index is 2.83. The number of hydrogen-bond donors (Lipinski definition) is 2. The van der Waals surface area contributed by atoms with E-state index in [9.17, 15) is 10.1 Å². The normalized spacial score (nSPS) is 9.71. The van der Waals surface area contributed by atoms with Gasteiger partial charge in [0, 0.05) is 6.42 Å². The fourth-order valence-electron chi connectivity index (χ4n) is 1.16. The third-order valence-electron chi connectivity index (χ3n) is 1.99. The molecule has 0 aliphatic carbocycles. The molecule has 7 heteroatoms. The van der Waals surface area contributed by atoms with E-state index in [4.69, 9.17) is 20.6 Å². The van der Waals surface area contributed by atoms with Crippen molar-refractivity contribution in [3.63, 3.8) is 0 Å². The van der Waals surface area contributed by atoms with Crippen LogP contribution >= 0.6 is 0 Å². The Bertz CT molecular complexity index is 434. The maximum atomic E-state index is 10.8. The zero-order chi connectivity index (χ0) is 12.8. The lowest BCUT2D eigenvalue weighted by Gasteiger charge is -2.07. The Morgan fingerprint density at radius 1 is 1.59 bits per heavy atom. The third kappa shape index (κ3) is 3.63. The third-order valence-corrected chi connectivity index (χ3v) is 1.99. The maximum absolute atomic E-state index is 10.8. The zero-order valence-corrected chi connectivity index (χ0v) is 9.30. The standard InChI is InChI=1S/C10H13N3O4/c1-16-7-2-3-9(8(6-7)13(14)15)17-5-4-10(11)12/h2-3,6H,4-5H2,1H3,(H3,11,12). The summed E-state index contributed by atoms with van der Waals surface area (Å²) in [6, 6.07) is 4.30. The number of rotatable bonds is 6. The van der Waals surface area contributed by atoms with Gasteiger partial charge in [0.2, 0.25) is 0 Å². The maximum Gasteiger partial charge on any atom is 0.314 e. The number of amidine groups is 1. The van der Waals surface area contributed by atoms with Gasteiger partial charge in [-0.2, -0.15) is 0 Å². The average molecular weight is 239 g/mol. The molecule has 3 N–H and O–H groups in total. The van der Waals surface area contributed by atoms with E-state index in [1.165, 1.54) is 19.2 Å². The Labute approximate surface area is 97.8 Å². The molecule has 7 nitrogen and oxygen atoms in total. The number of benzene rings is 1. The molecule has 0 spiro atoms. The molecule has 0 atom stereocenters. The van der Waals surface area contributed by atoms with Crippen molar-refractivity contribution in [2.24, 2.45) is 5.73 Å². The second-order valence-corrected chi connectivity index (χ2v) is 3.21. The molecule has 0 fully saturated rings. The van der Waals surface area contributed by atoms with E-state index in [0.717, 1.165) is 0 Å². The molecule has 0 bridgehead atoms. The van der Waals surface area contributed by atoms with Crippen LogP contribution in [0.3, 0.4) is 0 Å². The molecule has 0 radical (unpaired) electrons. The molecule has 1 rings (SSSR count). The van der Waals surface area contributed by atoms with Gasteiger partial charge in [-0.05, 0) is 12.1 Å². The predicted molar refractivity (Wildman–Crippen MR) is 61.7 cm³/mol. The van der Waals surface area contributed by atoms with Gasteiger partial charge < -0.3 is 15.2 Å². The summed E-state index contributed by atoms with van der Waals surface area (Å²) in [7, 11) is 1.43. The summed E-state index contributed by atoms with van der Waals surface area (Å²) in [5.41, 5.74) is 4.98. The van der Waals surface area contributed by atoms with Crippen LogP contribution in [-0.4, -0.2) is 24.5 Å². The van der Waals surface area contributed by atoms with Crippen molar-refractivity contribution in [1.29, 1.82) is 5.41 Å². The number of nitrogens with two attached hydrogens (primary N) is 1. The minimum atomic E-state index is -0.550. The van der Waals surface area contributed by atoms with Crippen molar-refractivity contribution in [1.82, 2.24) is 0 Å². The molecule has 0 aliphatic heterocycles. The van der Waals surface area contributed by atoms with E-state index >= 15 is 0 Å². The molecule has 0 amide bonds. The highest BCUT2D eigenvalue weighted by Gasteiger charge is 2.16. The summed E-state index contributed by atoms with van der Waals surface area (Å²) in [6.45, 7) is 0.127. The summed E-state index contributed by atoms with van der Waals surface area (Å²) >= 11 is 0. The first-order valence-corrected chi connectivity index (χ1v) is 4.82. The van der Waals surface area contributed by atoms with Gasteiger partial charge in [-0.1, -0.05) is 0 Å². The minimum absolute atomic E-state index is 0.0267. The van der Waals surface area contributed by atoms with E-state index in [1.54, 1.807) is 6.07 Å². The van der Waals surface area contributed by atoms with Crippen molar-refractivity contribution in [2.45, 2.75) is 6.42 Å². The lowest BCUT2D eigenvalue weighted by Crippen LogP contribution is -2.14. The topological polar surface area (TPSA) is 111 Å². The van der Waals surface area contributed by atoms with Crippen molar-refractivity contribution in [3.8, 4) is 11.5 Å². The smallest absolute Gasteiger partial charge is 0.314 e. The van der Waals surface area contributed by atoms with Crippen molar-refractivity contribution in [3.05, 3.63) is 28.3 Å². The molecule has 17 heavy (non-hydrogen) atoms. The number of methoxy groups -OCH3 is 1. The molecule has 0 aromatic heterocycles. The van der Waals surface area contributed by atoms with E-state index < -0.39 is 4.92 Å². The summed E-state index contributed by atoms with van der Waals surface area (Å²) in [4.78, 5) is 10.2. The highest BCUT2D eigenvalue weighted by molar-refractivity contribution is 5.76. The summed E-state index contributed by atoms with van der Waals surface area (Å²) in [5.74, 6) is 0.494. The second kappa shape index (κ2) is 5.69. The lowest BCUT2D eigenvalue weighted by molar-refractivity contribution is -0.385. The Hall–Kier alpha value is -2.31. The molecule has 0 saturated carbocycles. The second-order valence-electron chi connectivity index (χ2n) is 3.21. The Morgan fingerprint density at radius 3 is 2.82 bits per heavy atom. The Kier molecular flexibility index (Phi) is 4.27. The van der Waals surface area contributed by atoms with Crippen LogP contribution in [0.4, 0.5) is 5.69 Å². The van der Waals surface area contributed by atoms with E-state index in [0.29, 0.717) is 5.75 Å². The van der Waals surface area contributed by atoms with Crippen molar-refractivity contribution < 1.29 is 14.4 Å². The predicted octanol–water partition coefficient (Wildman–Crippen LogP) is 1.31. The Morgan fingerprint density at radius 2 is 2.29 bits per heavy atom. The number of ether oxygens (including phenoxy) is 2. The van der Waals surface area contributed by atoms with Gasteiger partial charge in [0.25, 0.3) is 0 Å². The van der Waals surface area contributed by atoms with Crippen LogP contribution in [0.2, 0.25) is 0 Å². The van der Waals surface area contributed by atoms with Crippen LogP contribution in [0, 0.1) is 15.5 Å². The number of nitrogens with one attached hydrogen (secondary N) is 1. The minimum Gasteiger partial charge on any atom is -0.496 e. The van der Waals surface area contributed by atoms with Gasteiger partial charge in [-0.25, -0.2) is 0 Å². The number of nitro groups is 1. The van der Waals surface area contributed by atoms with Crippen LogP contribution in [0.25, 0.3) is 0 Å². The van der Waals surface area contributed by atoms with Gasteiger partial charge in [0.1, 0.15) is 5.75 Å². The number of hydrogen-bond acceptors (Lipinski definition) is 5. The summed E-state index contributed by atoms with van der Waals surface area (Å²) < 4.78 is 10.1. The first-order chi connectivity index (χ1) is 8.04. The highest BCUT2D eigenvalue weighted by atomic mass is 16.6. The highest BCUT2D eigenvalue weighted by Crippen LogP contribution is 2.30. The first-order valence-electron chi connectivity index (χ1n) is 4.82. The number of nitro benzene ring substituents is 1. The van der Waals surface area contributed by atoms with E-state index in [2.05, 4.69) is 0 Å². The first kappa shape index (κ1) is 12.8. The molecule has 0 unspecified atom stereocenters. The quantitative estimate of drug-likeness (QED) is 0.336. The molecule has 0 aliphatic rings. The molecule has 1 aromatic carbocycles. The average Bonchev–Trinajstić information content (AvgIpc) is 2.28. The zero-order valence-electron chi connectivity index (χ0n) is 9.30. The van der Waals surface area contributed by atoms with Crippen LogP contribution in [0.1, 0.15) is 6.42 Å². The summed E-state index contributed by atoms with van der Waals surface area (Å²) in [6.07, 6.45) is 0.225. The van der Waals surface area contributed by atoms with Gasteiger partial charge in [-0.3, -0.25) is 15.5 Å². The molecular formula is C10H13N3O4.